The van der Waals surface area contributed by atoms with Crippen molar-refractivity contribution in [2.75, 3.05) is 5.73 Å². The smallest absolute Gasteiger partial charge is 0.195 e. The van der Waals surface area contributed by atoms with Crippen LogP contribution in [0.1, 0.15) is 15.9 Å². The minimum Gasteiger partial charge on any atom is -0.398 e. The van der Waals surface area contributed by atoms with Gasteiger partial charge in [-0.25, -0.2) is 4.39 Å². The maximum atomic E-state index is 13.3. The monoisotopic (exact) mass is 266 g/mol. The second-order valence-corrected chi connectivity index (χ2v) is 4.47. The predicted molar refractivity (Wildman–Crippen MR) is 76.0 cm³/mol. The Hall–Kier alpha value is -2.75. The van der Waals surface area contributed by atoms with Crippen molar-refractivity contribution in [3.63, 3.8) is 0 Å². The van der Waals surface area contributed by atoms with E-state index in [9.17, 15) is 9.18 Å². The highest BCUT2D eigenvalue weighted by Crippen LogP contribution is 2.20. The Morgan fingerprint density at radius 3 is 2.80 bits per heavy atom. The molecular weight excluding hydrogens is 255 g/mol. The largest absolute Gasteiger partial charge is 0.398 e. The first-order valence-corrected chi connectivity index (χ1v) is 6.09. The Bertz CT molecular complexity index is 814. The zero-order chi connectivity index (χ0) is 14.1. The first kappa shape index (κ1) is 12.3. The van der Waals surface area contributed by atoms with Gasteiger partial charge in [0.2, 0.25) is 0 Å². The Balaban J connectivity index is 2.10. The molecule has 0 aliphatic carbocycles. The van der Waals surface area contributed by atoms with Crippen molar-refractivity contribution in [1.29, 1.82) is 0 Å². The lowest BCUT2D eigenvalue weighted by molar-refractivity contribution is 0.103. The summed E-state index contributed by atoms with van der Waals surface area (Å²) in [6.07, 6.45) is 1.69. The fourth-order valence-electron chi connectivity index (χ4n) is 2.10. The molecule has 1 aromatic heterocycles. The van der Waals surface area contributed by atoms with E-state index in [4.69, 9.17) is 5.73 Å². The summed E-state index contributed by atoms with van der Waals surface area (Å²) in [5, 5.41) is 0.855. The van der Waals surface area contributed by atoms with Crippen LogP contribution >= 0.6 is 0 Å². The molecule has 4 heteroatoms. The molecule has 1 heterocycles. The summed E-state index contributed by atoms with van der Waals surface area (Å²) in [7, 11) is 0. The van der Waals surface area contributed by atoms with E-state index in [1.54, 1.807) is 30.5 Å². The number of pyridine rings is 1. The number of carbonyl (C=O) groups is 1. The van der Waals surface area contributed by atoms with Crippen molar-refractivity contribution >= 4 is 22.4 Å². The van der Waals surface area contributed by atoms with Crippen molar-refractivity contribution in [3.05, 3.63) is 71.7 Å². The van der Waals surface area contributed by atoms with E-state index in [-0.39, 0.29) is 17.0 Å². The van der Waals surface area contributed by atoms with Crippen molar-refractivity contribution in [1.82, 2.24) is 4.98 Å². The molecule has 0 amide bonds. The highest BCUT2D eigenvalue weighted by atomic mass is 19.1. The van der Waals surface area contributed by atoms with Crippen LogP contribution in [-0.2, 0) is 0 Å². The Morgan fingerprint density at radius 2 is 1.95 bits per heavy atom. The van der Waals surface area contributed by atoms with Crippen LogP contribution in [0, 0.1) is 5.82 Å². The summed E-state index contributed by atoms with van der Waals surface area (Å²) in [4.78, 5) is 16.6. The number of benzene rings is 2. The molecule has 0 saturated carbocycles. The third kappa shape index (κ3) is 2.12. The summed E-state index contributed by atoms with van der Waals surface area (Å²) < 4.78 is 13.3. The average Bonchev–Trinajstić information content (AvgIpc) is 2.48. The maximum absolute atomic E-state index is 13.3. The van der Waals surface area contributed by atoms with Crippen molar-refractivity contribution < 1.29 is 9.18 Å². The van der Waals surface area contributed by atoms with Gasteiger partial charge in [0.05, 0.1) is 5.52 Å². The molecule has 0 bridgehead atoms. The van der Waals surface area contributed by atoms with Gasteiger partial charge in [0.15, 0.2) is 5.78 Å². The maximum Gasteiger partial charge on any atom is 0.195 e. The third-order valence-electron chi connectivity index (χ3n) is 3.13. The molecule has 0 radical (unpaired) electrons. The molecule has 2 aromatic carbocycles. The molecule has 0 spiro atoms. The van der Waals surface area contributed by atoms with E-state index in [1.165, 1.54) is 12.1 Å². The van der Waals surface area contributed by atoms with E-state index < -0.39 is 5.82 Å². The zero-order valence-corrected chi connectivity index (χ0v) is 10.5. The first-order chi connectivity index (χ1) is 9.65. The molecule has 0 atom stereocenters. The normalized spacial score (nSPS) is 10.7. The number of nitrogen functional groups attached to an aromatic ring is 1. The Kier molecular flexibility index (Phi) is 2.91. The number of nitrogens with zero attached hydrogens (tertiary/aromatic N) is 1. The van der Waals surface area contributed by atoms with Gasteiger partial charge in [-0.15, -0.1) is 0 Å². The van der Waals surface area contributed by atoms with Crippen LogP contribution in [0.15, 0.2) is 54.7 Å². The topological polar surface area (TPSA) is 56.0 Å². The van der Waals surface area contributed by atoms with Gasteiger partial charge in [-0.3, -0.25) is 9.78 Å². The lowest BCUT2D eigenvalue weighted by Gasteiger charge is -2.06. The standard InChI is InChI=1S/C16H11FN2O/c17-12-4-5-14(18)13(9-12)16(20)11-3-6-15-10(8-11)2-1-7-19-15/h1-9H,18H2. The Labute approximate surface area is 114 Å². The van der Waals surface area contributed by atoms with Gasteiger partial charge < -0.3 is 5.73 Å². The summed E-state index contributed by atoms with van der Waals surface area (Å²) in [6.45, 7) is 0. The van der Waals surface area contributed by atoms with Crippen LogP contribution in [0.25, 0.3) is 10.9 Å². The molecule has 20 heavy (non-hydrogen) atoms. The molecule has 98 valence electrons. The van der Waals surface area contributed by atoms with E-state index in [1.807, 2.05) is 6.07 Å². The fourth-order valence-corrected chi connectivity index (χ4v) is 2.10. The minimum absolute atomic E-state index is 0.174. The highest BCUT2D eigenvalue weighted by Gasteiger charge is 2.13. The lowest BCUT2D eigenvalue weighted by Crippen LogP contribution is -2.06. The van der Waals surface area contributed by atoms with Gasteiger partial charge in [-0.2, -0.15) is 0 Å². The summed E-state index contributed by atoms with van der Waals surface area (Å²) in [5.74, 6) is -0.780. The van der Waals surface area contributed by atoms with Gasteiger partial charge in [0, 0.05) is 28.4 Å². The fraction of sp³-hybridized carbons (Fsp3) is 0. The number of aromatic nitrogens is 1. The van der Waals surface area contributed by atoms with Gasteiger partial charge in [-0.05, 0) is 42.5 Å². The van der Waals surface area contributed by atoms with Crippen molar-refractivity contribution in [3.8, 4) is 0 Å². The van der Waals surface area contributed by atoms with Gasteiger partial charge in [-0.1, -0.05) is 6.07 Å². The summed E-state index contributed by atoms with van der Waals surface area (Å²) >= 11 is 0. The number of fused-ring (bicyclic) bond motifs is 1. The average molecular weight is 266 g/mol. The molecule has 3 nitrogen and oxygen atoms in total. The van der Waals surface area contributed by atoms with Crippen LogP contribution in [0.3, 0.4) is 0 Å². The minimum atomic E-state index is -0.481. The van der Waals surface area contributed by atoms with Crippen molar-refractivity contribution in [2.24, 2.45) is 0 Å². The van der Waals surface area contributed by atoms with Crippen LogP contribution < -0.4 is 5.73 Å². The summed E-state index contributed by atoms with van der Waals surface area (Å²) in [5.41, 5.74) is 7.44. The van der Waals surface area contributed by atoms with Gasteiger partial charge in [0.1, 0.15) is 5.82 Å². The number of carbonyl (C=O) groups excluding carboxylic acids is 1. The second-order valence-electron chi connectivity index (χ2n) is 4.47. The number of halogens is 1. The molecule has 0 aliphatic rings. The number of hydrogen-bond acceptors (Lipinski definition) is 3. The molecule has 2 N–H and O–H groups in total. The summed E-state index contributed by atoms with van der Waals surface area (Å²) in [6, 6.07) is 12.6. The molecule has 0 saturated heterocycles. The van der Waals surface area contributed by atoms with Crippen LogP contribution in [-0.4, -0.2) is 10.8 Å². The number of anilines is 1. The molecular formula is C16H11FN2O. The third-order valence-corrected chi connectivity index (χ3v) is 3.13. The zero-order valence-electron chi connectivity index (χ0n) is 10.5. The lowest BCUT2D eigenvalue weighted by atomic mass is 10.00. The van der Waals surface area contributed by atoms with Gasteiger partial charge >= 0.3 is 0 Å². The predicted octanol–water partition coefficient (Wildman–Crippen LogP) is 3.19. The Morgan fingerprint density at radius 1 is 1.10 bits per heavy atom. The molecule has 3 aromatic rings. The molecule has 3 rings (SSSR count). The quantitative estimate of drug-likeness (QED) is 0.572. The first-order valence-electron chi connectivity index (χ1n) is 6.09. The number of ketones is 1. The van der Waals surface area contributed by atoms with Gasteiger partial charge in [0.25, 0.3) is 0 Å². The molecule has 0 unspecified atom stereocenters. The SMILES string of the molecule is Nc1ccc(F)cc1C(=O)c1ccc2ncccc2c1. The number of hydrogen-bond donors (Lipinski definition) is 1. The second kappa shape index (κ2) is 4.74. The van der Waals surface area contributed by atoms with Crippen LogP contribution in [0.2, 0.25) is 0 Å². The number of nitrogens with two attached hydrogens (primary N) is 1. The van der Waals surface area contributed by atoms with Crippen molar-refractivity contribution in [2.45, 2.75) is 0 Å². The van der Waals surface area contributed by atoms with Crippen LogP contribution in [0.5, 0.6) is 0 Å². The highest BCUT2D eigenvalue weighted by molar-refractivity contribution is 6.13. The van der Waals surface area contributed by atoms with E-state index in [0.717, 1.165) is 17.0 Å². The molecule has 0 aliphatic heterocycles. The van der Waals surface area contributed by atoms with Crippen LogP contribution in [0.4, 0.5) is 10.1 Å². The number of rotatable bonds is 2. The van der Waals surface area contributed by atoms with E-state index in [2.05, 4.69) is 4.98 Å². The van der Waals surface area contributed by atoms with E-state index in [0.29, 0.717) is 5.56 Å². The molecule has 0 fully saturated rings. The van der Waals surface area contributed by atoms with E-state index >= 15 is 0 Å².